The third kappa shape index (κ3) is 5.50. The van der Waals surface area contributed by atoms with Crippen molar-refractivity contribution in [2.45, 2.75) is 19.3 Å². The Morgan fingerprint density at radius 3 is 1.77 bits per heavy atom. The fraction of sp³-hybridized carbons (Fsp3) is 0.0476. The van der Waals surface area contributed by atoms with Gasteiger partial charge in [-0.05, 0) is 127 Å². The number of rotatable bonds is 5. The molecule has 1 aliphatic rings. The van der Waals surface area contributed by atoms with Gasteiger partial charge in [0, 0.05) is 43.7 Å². The van der Waals surface area contributed by atoms with Gasteiger partial charge in [-0.1, -0.05) is 166 Å². The summed E-state index contributed by atoms with van der Waals surface area (Å²) in [4.78, 5) is 10.6. The molecule has 0 unspecified atom stereocenters. The first-order chi connectivity index (χ1) is 32.4. The van der Waals surface area contributed by atoms with Gasteiger partial charge in [-0.25, -0.2) is 9.97 Å². The minimum atomic E-state index is -0.187. The van der Waals surface area contributed by atoms with Crippen LogP contribution in [0, 0.1) is 0 Å². The fourth-order valence-corrected chi connectivity index (χ4v) is 11.1. The van der Waals surface area contributed by atoms with Crippen LogP contribution in [0.5, 0.6) is 0 Å². The van der Waals surface area contributed by atoms with Crippen molar-refractivity contribution >= 4 is 59.6 Å². The molecule has 3 nitrogen and oxygen atoms in total. The summed E-state index contributed by atoms with van der Waals surface area (Å²) < 4.78 is 2.48. The third-order valence-electron chi connectivity index (χ3n) is 14.5. The molecule has 66 heavy (non-hydrogen) atoms. The van der Waals surface area contributed by atoms with E-state index >= 15 is 0 Å². The minimum Gasteiger partial charge on any atom is -0.308 e. The van der Waals surface area contributed by atoms with Crippen LogP contribution in [-0.4, -0.2) is 14.4 Å². The second-order valence-electron chi connectivity index (χ2n) is 18.6. The summed E-state index contributed by atoms with van der Waals surface area (Å²) >= 11 is 0. The summed E-state index contributed by atoms with van der Waals surface area (Å²) in [5.41, 5.74) is 18.5. The van der Waals surface area contributed by atoms with E-state index in [1.165, 1.54) is 93.0 Å². The van der Waals surface area contributed by atoms with Gasteiger partial charge < -0.3 is 4.40 Å². The van der Waals surface area contributed by atoms with E-state index in [2.05, 4.69) is 231 Å². The summed E-state index contributed by atoms with van der Waals surface area (Å²) in [7, 11) is 0. The molecule has 10 aromatic carbocycles. The molecule has 14 rings (SSSR count). The van der Waals surface area contributed by atoms with E-state index in [4.69, 9.17) is 9.97 Å². The Hall–Kier alpha value is -8.40. The lowest BCUT2D eigenvalue weighted by atomic mass is 9.81. The van der Waals surface area contributed by atoms with Gasteiger partial charge in [-0.2, -0.15) is 0 Å². The fourth-order valence-electron chi connectivity index (χ4n) is 11.1. The van der Waals surface area contributed by atoms with Crippen LogP contribution in [0.3, 0.4) is 0 Å². The highest BCUT2D eigenvalue weighted by molar-refractivity contribution is 6.24. The lowest BCUT2D eigenvalue weighted by Gasteiger charge is -2.22. The van der Waals surface area contributed by atoms with Crippen molar-refractivity contribution in [2.24, 2.45) is 0 Å². The summed E-state index contributed by atoms with van der Waals surface area (Å²) in [5.74, 6) is 0.700. The van der Waals surface area contributed by atoms with Crippen LogP contribution in [0.4, 0.5) is 0 Å². The molecule has 1 aliphatic carbocycles. The standard InChI is InChI=1S/C63H41N3/c1-63(2)55-34-43(27-28-49(55)53-32-48-36-60-54(33-47(48)35-56(53)63)52-23-12-22-51-50-21-8-9-24-59(50)66(60)61(51)52)42-18-11-20-46(31-42)62-64-57(44-19-10-17-41(29-44)38-13-4-3-5-14-38)37-58(65-62)45-26-25-39-15-6-7-16-40(39)30-45/h3-37H,1-2H3. The van der Waals surface area contributed by atoms with Crippen molar-refractivity contribution in [3.63, 3.8) is 0 Å². The first kappa shape index (κ1) is 37.0. The van der Waals surface area contributed by atoms with Crippen molar-refractivity contribution < 1.29 is 0 Å². The second kappa shape index (κ2) is 13.8. The molecule has 13 aromatic rings. The van der Waals surface area contributed by atoms with Gasteiger partial charge in [-0.3, -0.25) is 0 Å². The van der Waals surface area contributed by atoms with Crippen LogP contribution in [0.1, 0.15) is 25.0 Å². The van der Waals surface area contributed by atoms with Crippen molar-refractivity contribution in [1.29, 1.82) is 0 Å². The highest BCUT2D eigenvalue weighted by atomic mass is 14.9. The van der Waals surface area contributed by atoms with Crippen LogP contribution in [0.25, 0.3) is 127 Å². The molecule has 3 heteroatoms. The smallest absolute Gasteiger partial charge is 0.160 e. The van der Waals surface area contributed by atoms with E-state index in [-0.39, 0.29) is 5.41 Å². The molecule has 0 spiro atoms. The number of fused-ring (bicyclic) bond motifs is 11. The SMILES string of the molecule is CC1(C)c2cc(-c3cccc(-c4nc(-c5cccc(-c6ccccc6)c5)cc(-c5ccc6ccccc6c5)n4)c3)ccc2-c2cc3cc4c(cc3cc21)c1cccc2c3ccccc3n4c21. The summed E-state index contributed by atoms with van der Waals surface area (Å²) in [5, 5.41) is 10.2. The van der Waals surface area contributed by atoms with Crippen LogP contribution in [-0.2, 0) is 5.41 Å². The van der Waals surface area contributed by atoms with E-state index in [0.29, 0.717) is 5.82 Å². The van der Waals surface area contributed by atoms with E-state index in [1.807, 2.05) is 0 Å². The van der Waals surface area contributed by atoms with Gasteiger partial charge in [0.25, 0.3) is 0 Å². The maximum absolute atomic E-state index is 5.31. The van der Waals surface area contributed by atoms with Crippen molar-refractivity contribution in [1.82, 2.24) is 14.4 Å². The van der Waals surface area contributed by atoms with Crippen molar-refractivity contribution in [3.8, 4) is 67.3 Å². The molecule has 308 valence electrons. The van der Waals surface area contributed by atoms with Crippen LogP contribution >= 0.6 is 0 Å². The largest absolute Gasteiger partial charge is 0.308 e. The Labute approximate surface area is 382 Å². The Morgan fingerprint density at radius 2 is 0.924 bits per heavy atom. The second-order valence-corrected chi connectivity index (χ2v) is 18.6. The number of para-hydroxylation sites is 2. The molecule has 0 N–H and O–H groups in total. The van der Waals surface area contributed by atoms with Gasteiger partial charge in [0.1, 0.15) is 0 Å². The Morgan fingerprint density at radius 1 is 0.333 bits per heavy atom. The van der Waals surface area contributed by atoms with E-state index in [0.717, 1.165) is 39.2 Å². The van der Waals surface area contributed by atoms with E-state index in [1.54, 1.807) is 0 Å². The zero-order valence-electron chi connectivity index (χ0n) is 36.5. The van der Waals surface area contributed by atoms with E-state index in [9.17, 15) is 0 Å². The van der Waals surface area contributed by atoms with Gasteiger partial charge in [0.05, 0.1) is 27.9 Å². The first-order valence-electron chi connectivity index (χ1n) is 22.9. The molecule has 0 radical (unpaired) electrons. The predicted molar refractivity (Wildman–Crippen MR) is 276 cm³/mol. The third-order valence-corrected chi connectivity index (χ3v) is 14.5. The average Bonchev–Trinajstić information content (AvgIpc) is 3.96. The van der Waals surface area contributed by atoms with Crippen LogP contribution < -0.4 is 0 Å². The number of hydrogen-bond donors (Lipinski definition) is 0. The van der Waals surface area contributed by atoms with E-state index < -0.39 is 0 Å². The monoisotopic (exact) mass is 839 g/mol. The lowest BCUT2D eigenvalue weighted by molar-refractivity contribution is 0.661. The highest BCUT2D eigenvalue weighted by Gasteiger charge is 2.36. The lowest BCUT2D eigenvalue weighted by Crippen LogP contribution is -2.15. The quantitative estimate of drug-likeness (QED) is 0.173. The molecular weight excluding hydrogens is 799 g/mol. The Balaban J connectivity index is 0.876. The molecule has 0 fully saturated rings. The Kier molecular flexibility index (Phi) is 7.74. The van der Waals surface area contributed by atoms with Crippen LogP contribution in [0.15, 0.2) is 212 Å². The highest BCUT2D eigenvalue weighted by Crippen LogP contribution is 2.52. The Bertz CT molecular complexity index is 4140. The van der Waals surface area contributed by atoms with Gasteiger partial charge in [-0.15, -0.1) is 0 Å². The number of aromatic nitrogens is 3. The zero-order valence-corrected chi connectivity index (χ0v) is 36.5. The van der Waals surface area contributed by atoms with Gasteiger partial charge in [0.15, 0.2) is 5.82 Å². The van der Waals surface area contributed by atoms with Crippen molar-refractivity contribution in [3.05, 3.63) is 223 Å². The number of hydrogen-bond acceptors (Lipinski definition) is 2. The molecule has 0 aliphatic heterocycles. The molecule has 0 saturated carbocycles. The normalized spacial score (nSPS) is 13.1. The molecular formula is C63H41N3. The summed E-state index contributed by atoms with van der Waals surface area (Å²) in [6.45, 7) is 4.77. The predicted octanol–water partition coefficient (Wildman–Crippen LogP) is 16.6. The number of benzene rings is 10. The zero-order chi connectivity index (χ0) is 43.7. The molecule has 0 saturated heterocycles. The van der Waals surface area contributed by atoms with Gasteiger partial charge in [0.2, 0.25) is 0 Å². The summed E-state index contributed by atoms with van der Waals surface area (Å²) in [6, 6.07) is 77.6. The number of nitrogens with zero attached hydrogens (tertiary/aromatic N) is 3. The topological polar surface area (TPSA) is 30.2 Å². The molecule has 3 aromatic heterocycles. The van der Waals surface area contributed by atoms with Crippen molar-refractivity contribution in [2.75, 3.05) is 0 Å². The average molecular weight is 840 g/mol. The molecule has 0 amide bonds. The summed E-state index contributed by atoms with van der Waals surface area (Å²) in [6.07, 6.45) is 0. The molecule has 3 heterocycles. The maximum atomic E-state index is 5.31. The van der Waals surface area contributed by atoms with Gasteiger partial charge >= 0.3 is 0 Å². The maximum Gasteiger partial charge on any atom is 0.160 e. The minimum absolute atomic E-state index is 0.187. The molecule has 0 atom stereocenters. The van der Waals surface area contributed by atoms with Crippen LogP contribution in [0.2, 0.25) is 0 Å². The molecule has 0 bridgehead atoms. The first-order valence-corrected chi connectivity index (χ1v) is 22.9.